The maximum absolute atomic E-state index is 13.9. The Morgan fingerprint density at radius 2 is 2.10 bits per heavy atom. The van der Waals surface area contributed by atoms with E-state index in [1.54, 1.807) is 19.1 Å². The second-order valence-corrected chi connectivity index (χ2v) is 5.60. The van der Waals surface area contributed by atoms with E-state index in [0.29, 0.717) is 43.8 Å². The predicted molar refractivity (Wildman–Crippen MR) is 73.2 cm³/mol. The number of carboxylic acid groups (broad SMARTS) is 1. The van der Waals surface area contributed by atoms with Crippen molar-refractivity contribution in [1.82, 2.24) is 4.90 Å². The molecule has 1 saturated heterocycles. The van der Waals surface area contributed by atoms with E-state index in [0.717, 1.165) is 0 Å². The summed E-state index contributed by atoms with van der Waals surface area (Å²) in [4.78, 5) is 13.3. The fourth-order valence-electron chi connectivity index (χ4n) is 2.44. The Kier molecular flexibility index (Phi) is 4.28. The first-order valence-electron chi connectivity index (χ1n) is 6.73. The van der Waals surface area contributed by atoms with E-state index in [1.807, 2.05) is 0 Å². The fraction of sp³-hybridized carbons (Fsp3) is 0.533. The van der Waals surface area contributed by atoms with E-state index in [2.05, 4.69) is 4.90 Å². The second-order valence-electron chi connectivity index (χ2n) is 5.60. The molecule has 1 aromatic carbocycles. The summed E-state index contributed by atoms with van der Waals surface area (Å²) in [5.74, 6) is -0.521. The molecular formula is C15H20FNO3. The Hall–Kier alpha value is -1.62. The number of hydrogen-bond donors (Lipinski definition) is 1. The lowest BCUT2D eigenvalue weighted by Gasteiger charge is -2.36. The molecule has 4 nitrogen and oxygen atoms in total. The Balaban J connectivity index is 1.98. The highest BCUT2D eigenvalue weighted by atomic mass is 19.1. The maximum Gasteiger partial charge on any atom is 0.309 e. The van der Waals surface area contributed by atoms with Crippen LogP contribution in [0.3, 0.4) is 0 Å². The molecule has 0 aromatic heterocycles. The van der Waals surface area contributed by atoms with Gasteiger partial charge in [-0.3, -0.25) is 9.69 Å². The van der Waals surface area contributed by atoms with Crippen LogP contribution in [0.25, 0.3) is 0 Å². The van der Waals surface area contributed by atoms with Crippen LogP contribution < -0.4 is 4.74 Å². The van der Waals surface area contributed by atoms with Gasteiger partial charge in [-0.25, -0.2) is 4.39 Å². The largest absolute Gasteiger partial charge is 0.497 e. The number of likely N-dealkylation sites (tertiary alicyclic amines) is 1. The van der Waals surface area contributed by atoms with Crippen LogP contribution in [0.2, 0.25) is 0 Å². The van der Waals surface area contributed by atoms with Gasteiger partial charge in [-0.1, -0.05) is 6.07 Å². The molecule has 5 heteroatoms. The summed E-state index contributed by atoms with van der Waals surface area (Å²) in [5.41, 5.74) is -0.0284. The molecule has 2 rings (SSSR count). The zero-order valence-corrected chi connectivity index (χ0v) is 11.9. The van der Waals surface area contributed by atoms with Crippen molar-refractivity contribution in [2.75, 3.05) is 20.2 Å². The average Bonchev–Trinajstić information content (AvgIpc) is 2.43. The lowest BCUT2D eigenvalue weighted by Crippen LogP contribution is -2.42. The first kappa shape index (κ1) is 14.8. The highest BCUT2D eigenvalue weighted by Gasteiger charge is 2.36. The average molecular weight is 281 g/mol. The second kappa shape index (κ2) is 5.79. The van der Waals surface area contributed by atoms with E-state index >= 15 is 0 Å². The zero-order chi connectivity index (χ0) is 14.8. The summed E-state index contributed by atoms with van der Waals surface area (Å²) in [5, 5.41) is 9.18. The topological polar surface area (TPSA) is 49.8 Å². The van der Waals surface area contributed by atoms with Crippen LogP contribution in [0, 0.1) is 11.2 Å². The van der Waals surface area contributed by atoms with Crippen LogP contribution in [0.15, 0.2) is 18.2 Å². The van der Waals surface area contributed by atoms with E-state index in [4.69, 9.17) is 4.74 Å². The number of benzene rings is 1. The van der Waals surface area contributed by atoms with Gasteiger partial charge in [0.05, 0.1) is 12.5 Å². The van der Waals surface area contributed by atoms with E-state index in [-0.39, 0.29) is 5.82 Å². The molecule has 0 bridgehead atoms. The number of aliphatic carboxylic acids is 1. The summed E-state index contributed by atoms with van der Waals surface area (Å²) in [6, 6.07) is 4.84. The van der Waals surface area contributed by atoms with E-state index in [1.165, 1.54) is 13.2 Å². The Morgan fingerprint density at radius 3 is 2.60 bits per heavy atom. The molecule has 110 valence electrons. The normalized spacial score (nSPS) is 18.8. The van der Waals surface area contributed by atoms with Crippen LogP contribution in [-0.4, -0.2) is 36.2 Å². The number of methoxy groups -OCH3 is 1. The minimum atomic E-state index is -0.743. The molecule has 0 aliphatic carbocycles. The number of halogens is 1. The van der Waals surface area contributed by atoms with Gasteiger partial charge in [0.25, 0.3) is 0 Å². The molecule has 0 unspecified atom stereocenters. The molecule has 1 aromatic rings. The van der Waals surface area contributed by atoms with Gasteiger partial charge in [-0.05, 0) is 38.9 Å². The summed E-state index contributed by atoms with van der Waals surface area (Å²) in [6.45, 7) is 3.63. The zero-order valence-electron chi connectivity index (χ0n) is 11.9. The van der Waals surface area contributed by atoms with Crippen molar-refractivity contribution in [3.05, 3.63) is 29.6 Å². The summed E-state index contributed by atoms with van der Waals surface area (Å²) in [6.07, 6.45) is 1.19. The molecule has 1 heterocycles. The summed E-state index contributed by atoms with van der Waals surface area (Å²) >= 11 is 0. The highest BCUT2D eigenvalue weighted by Crippen LogP contribution is 2.31. The third-order valence-corrected chi connectivity index (χ3v) is 4.13. The van der Waals surface area contributed by atoms with Gasteiger partial charge in [0.15, 0.2) is 0 Å². The number of carboxylic acids is 1. The number of piperidine rings is 1. The lowest BCUT2D eigenvalue weighted by molar-refractivity contribution is -0.150. The SMILES string of the molecule is COc1ccc(CN2CCC(C)(C(=O)O)CC2)c(F)c1. The van der Waals surface area contributed by atoms with Gasteiger partial charge in [0.2, 0.25) is 0 Å². The molecule has 1 aliphatic heterocycles. The third-order valence-electron chi connectivity index (χ3n) is 4.13. The molecule has 1 N–H and O–H groups in total. The quantitative estimate of drug-likeness (QED) is 0.921. The number of hydrogen-bond acceptors (Lipinski definition) is 3. The van der Waals surface area contributed by atoms with Gasteiger partial charge >= 0.3 is 5.97 Å². The fourth-order valence-corrected chi connectivity index (χ4v) is 2.44. The minimum Gasteiger partial charge on any atom is -0.497 e. The molecule has 0 spiro atoms. The van der Waals surface area contributed by atoms with Crippen LogP contribution in [0.1, 0.15) is 25.3 Å². The van der Waals surface area contributed by atoms with Gasteiger partial charge in [0, 0.05) is 18.2 Å². The summed E-state index contributed by atoms with van der Waals surface area (Å²) in [7, 11) is 1.51. The molecule has 1 aliphatic rings. The number of carbonyl (C=O) groups is 1. The Labute approximate surface area is 118 Å². The van der Waals surface area contributed by atoms with Gasteiger partial charge < -0.3 is 9.84 Å². The molecular weight excluding hydrogens is 261 g/mol. The van der Waals surface area contributed by atoms with Crippen LogP contribution >= 0.6 is 0 Å². The predicted octanol–water partition coefficient (Wildman–Crippen LogP) is 2.52. The molecule has 0 atom stereocenters. The Morgan fingerprint density at radius 1 is 1.45 bits per heavy atom. The van der Waals surface area contributed by atoms with Gasteiger partial charge in [-0.2, -0.15) is 0 Å². The minimum absolute atomic E-state index is 0.282. The van der Waals surface area contributed by atoms with Crippen molar-refractivity contribution < 1.29 is 19.0 Å². The molecule has 20 heavy (non-hydrogen) atoms. The third kappa shape index (κ3) is 3.10. The Bertz CT molecular complexity index is 496. The van der Waals surface area contributed by atoms with Crippen molar-refractivity contribution in [3.63, 3.8) is 0 Å². The monoisotopic (exact) mass is 281 g/mol. The van der Waals surface area contributed by atoms with Gasteiger partial charge in [-0.15, -0.1) is 0 Å². The molecule has 0 radical (unpaired) electrons. The molecule has 1 fully saturated rings. The van der Waals surface area contributed by atoms with Crippen molar-refractivity contribution in [2.24, 2.45) is 5.41 Å². The smallest absolute Gasteiger partial charge is 0.309 e. The first-order chi connectivity index (χ1) is 9.44. The van der Waals surface area contributed by atoms with E-state index in [9.17, 15) is 14.3 Å². The van der Waals surface area contributed by atoms with Crippen molar-refractivity contribution in [3.8, 4) is 5.75 Å². The van der Waals surface area contributed by atoms with Crippen LogP contribution in [-0.2, 0) is 11.3 Å². The summed E-state index contributed by atoms with van der Waals surface area (Å²) < 4.78 is 18.8. The standard InChI is InChI=1S/C15H20FNO3/c1-15(14(18)19)5-7-17(8-6-15)10-11-3-4-12(20-2)9-13(11)16/h3-4,9H,5-8,10H2,1-2H3,(H,18,19). The number of ether oxygens (including phenoxy) is 1. The van der Waals surface area contributed by atoms with E-state index < -0.39 is 11.4 Å². The first-order valence-corrected chi connectivity index (χ1v) is 6.73. The van der Waals surface area contributed by atoms with Crippen molar-refractivity contribution in [1.29, 1.82) is 0 Å². The van der Waals surface area contributed by atoms with Crippen molar-refractivity contribution >= 4 is 5.97 Å². The maximum atomic E-state index is 13.9. The molecule has 0 amide bonds. The number of nitrogens with zero attached hydrogens (tertiary/aromatic N) is 1. The van der Waals surface area contributed by atoms with Crippen LogP contribution in [0.5, 0.6) is 5.75 Å². The highest BCUT2D eigenvalue weighted by molar-refractivity contribution is 5.74. The number of rotatable bonds is 4. The van der Waals surface area contributed by atoms with Gasteiger partial charge in [0.1, 0.15) is 11.6 Å². The lowest BCUT2D eigenvalue weighted by atomic mass is 9.80. The van der Waals surface area contributed by atoms with Crippen molar-refractivity contribution in [2.45, 2.75) is 26.3 Å². The molecule has 0 saturated carbocycles. The van der Waals surface area contributed by atoms with Crippen LogP contribution in [0.4, 0.5) is 4.39 Å².